The predicted octanol–water partition coefficient (Wildman–Crippen LogP) is 2.22. The molecule has 2 nitrogen and oxygen atoms in total. The van der Waals surface area contributed by atoms with Gasteiger partial charge in [-0.15, -0.1) is 0 Å². The van der Waals surface area contributed by atoms with E-state index in [0.29, 0.717) is 0 Å². The summed E-state index contributed by atoms with van der Waals surface area (Å²) in [4.78, 5) is 2.50. The topological polar surface area (TPSA) is 15.3 Å². The van der Waals surface area contributed by atoms with Gasteiger partial charge < -0.3 is 10.2 Å². The summed E-state index contributed by atoms with van der Waals surface area (Å²) in [5.74, 6) is 0. The zero-order valence-electron chi connectivity index (χ0n) is 9.83. The second-order valence-corrected chi connectivity index (χ2v) is 4.45. The Labute approximate surface area is 97.3 Å². The van der Waals surface area contributed by atoms with Gasteiger partial charge in [-0.1, -0.05) is 13.8 Å². The highest BCUT2D eigenvalue weighted by atomic mass is 32.1. The lowest BCUT2D eigenvalue weighted by Gasteiger charge is -2.20. The minimum absolute atomic E-state index is 1.07. The standard InChI is InChI=1S/C12H22N2S/c1-3-13-7-9-14(4-2)8-5-12-6-10-15-11-12/h6,10-11,13H,3-5,7-9H2,1-2H3. The molecule has 0 fully saturated rings. The van der Waals surface area contributed by atoms with E-state index in [1.54, 1.807) is 11.3 Å². The summed E-state index contributed by atoms with van der Waals surface area (Å²) in [6, 6.07) is 2.22. The van der Waals surface area contributed by atoms with E-state index in [1.807, 2.05) is 0 Å². The predicted molar refractivity (Wildman–Crippen MR) is 68.7 cm³/mol. The normalized spacial score (nSPS) is 11.1. The monoisotopic (exact) mass is 226 g/mol. The van der Waals surface area contributed by atoms with Crippen LogP contribution in [0.5, 0.6) is 0 Å². The van der Waals surface area contributed by atoms with E-state index < -0.39 is 0 Å². The highest BCUT2D eigenvalue weighted by molar-refractivity contribution is 7.07. The molecule has 0 unspecified atom stereocenters. The van der Waals surface area contributed by atoms with Crippen LogP contribution in [0.4, 0.5) is 0 Å². The fourth-order valence-electron chi connectivity index (χ4n) is 1.56. The summed E-state index contributed by atoms with van der Waals surface area (Å²) in [6.45, 7) is 10.1. The van der Waals surface area contributed by atoms with Crippen molar-refractivity contribution in [3.8, 4) is 0 Å². The maximum absolute atomic E-state index is 3.37. The van der Waals surface area contributed by atoms with Crippen LogP contribution in [0.3, 0.4) is 0 Å². The number of nitrogens with one attached hydrogen (secondary N) is 1. The molecule has 0 saturated heterocycles. The molecule has 0 aliphatic carbocycles. The third-order valence-corrected chi connectivity index (χ3v) is 3.33. The Kier molecular flexibility index (Phi) is 6.64. The third-order valence-electron chi connectivity index (χ3n) is 2.60. The first-order chi connectivity index (χ1) is 7.36. The Morgan fingerprint density at radius 3 is 2.80 bits per heavy atom. The van der Waals surface area contributed by atoms with Crippen molar-refractivity contribution in [3.63, 3.8) is 0 Å². The molecule has 0 bridgehead atoms. The molecule has 86 valence electrons. The molecule has 3 heteroatoms. The molecule has 1 aromatic heterocycles. The van der Waals surface area contributed by atoms with Gasteiger partial charge in [0.15, 0.2) is 0 Å². The molecule has 1 rings (SSSR count). The Morgan fingerprint density at radius 1 is 1.33 bits per heavy atom. The number of rotatable bonds is 8. The van der Waals surface area contributed by atoms with Crippen molar-refractivity contribution in [3.05, 3.63) is 22.4 Å². The van der Waals surface area contributed by atoms with E-state index in [1.165, 1.54) is 18.5 Å². The van der Waals surface area contributed by atoms with E-state index in [2.05, 4.69) is 40.9 Å². The highest BCUT2D eigenvalue weighted by Gasteiger charge is 2.02. The molecular weight excluding hydrogens is 204 g/mol. The summed E-state index contributed by atoms with van der Waals surface area (Å²) in [6.07, 6.45) is 1.18. The summed E-state index contributed by atoms with van der Waals surface area (Å²) in [5, 5.41) is 7.77. The second-order valence-electron chi connectivity index (χ2n) is 3.67. The van der Waals surface area contributed by atoms with Gasteiger partial charge in [0, 0.05) is 19.6 Å². The van der Waals surface area contributed by atoms with Crippen molar-refractivity contribution in [2.75, 3.05) is 32.7 Å². The zero-order chi connectivity index (χ0) is 10.9. The van der Waals surface area contributed by atoms with Crippen LogP contribution < -0.4 is 5.32 Å². The van der Waals surface area contributed by atoms with E-state index in [4.69, 9.17) is 0 Å². The van der Waals surface area contributed by atoms with Gasteiger partial charge in [-0.25, -0.2) is 0 Å². The maximum atomic E-state index is 3.37. The zero-order valence-corrected chi connectivity index (χ0v) is 10.6. The number of nitrogens with zero attached hydrogens (tertiary/aromatic N) is 1. The summed E-state index contributed by atoms with van der Waals surface area (Å²) in [7, 11) is 0. The van der Waals surface area contributed by atoms with Crippen LogP contribution in [-0.4, -0.2) is 37.6 Å². The van der Waals surface area contributed by atoms with Crippen molar-refractivity contribution in [2.24, 2.45) is 0 Å². The van der Waals surface area contributed by atoms with Gasteiger partial charge in [-0.2, -0.15) is 11.3 Å². The molecule has 1 N–H and O–H groups in total. The average molecular weight is 226 g/mol. The highest BCUT2D eigenvalue weighted by Crippen LogP contribution is 2.07. The Bertz CT molecular complexity index is 234. The Morgan fingerprint density at radius 2 is 2.20 bits per heavy atom. The molecule has 1 aromatic rings. The molecule has 0 aliphatic heterocycles. The van der Waals surface area contributed by atoms with Gasteiger partial charge in [0.1, 0.15) is 0 Å². The van der Waals surface area contributed by atoms with Crippen molar-refractivity contribution >= 4 is 11.3 Å². The molecule has 1 heterocycles. The van der Waals surface area contributed by atoms with Gasteiger partial charge in [0.2, 0.25) is 0 Å². The van der Waals surface area contributed by atoms with Gasteiger partial charge in [-0.3, -0.25) is 0 Å². The summed E-state index contributed by atoms with van der Waals surface area (Å²) >= 11 is 1.79. The Hall–Kier alpha value is -0.380. The lowest BCUT2D eigenvalue weighted by molar-refractivity contribution is 0.291. The lowest BCUT2D eigenvalue weighted by Crippen LogP contribution is -2.33. The van der Waals surface area contributed by atoms with Crippen molar-refractivity contribution in [1.29, 1.82) is 0 Å². The molecule has 0 aliphatic rings. The first-order valence-electron chi connectivity index (χ1n) is 5.81. The number of likely N-dealkylation sites (N-methyl/N-ethyl adjacent to an activating group) is 2. The van der Waals surface area contributed by atoms with E-state index in [0.717, 1.165) is 26.2 Å². The molecule has 15 heavy (non-hydrogen) atoms. The maximum Gasteiger partial charge on any atom is 0.0107 e. The summed E-state index contributed by atoms with van der Waals surface area (Å²) < 4.78 is 0. The van der Waals surface area contributed by atoms with Crippen LogP contribution in [0.2, 0.25) is 0 Å². The van der Waals surface area contributed by atoms with Crippen LogP contribution in [-0.2, 0) is 6.42 Å². The Balaban J connectivity index is 2.16. The van der Waals surface area contributed by atoms with E-state index >= 15 is 0 Å². The number of hydrogen-bond donors (Lipinski definition) is 1. The molecular formula is C12H22N2S. The first kappa shape index (κ1) is 12.7. The van der Waals surface area contributed by atoms with Crippen LogP contribution in [0.1, 0.15) is 19.4 Å². The van der Waals surface area contributed by atoms with Gasteiger partial charge >= 0.3 is 0 Å². The largest absolute Gasteiger partial charge is 0.316 e. The fraction of sp³-hybridized carbons (Fsp3) is 0.667. The minimum Gasteiger partial charge on any atom is -0.316 e. The van der Waals surface area contributed by atoms with Crippen LogP contribution in [0.25, 0.3) is 0 Å². The van der Waals surface area contributed by atoms with Gasteiger partial charge in [0.05, 0.1) is 0 Å². The van der Waals surface area contributed by atoms with E-state index in [9.17, 15) is 0 Å². The lowest BCUT2D eigenvalue weighted by atomic mass is 10.2. The first-order valence-corrected chi connectivity index (χ1v) is 6.75. The van der Waals surface area contributed by atoms with Crippen LogP contribution >= 0.6 is 11.3 Å². The molecule has 0 aromatic carbocycles. The van der Waals surface area contributed by atoms with Gasteiger partial charge in [0.25, 0.3) is 0 Å². The smallest absolute Gasteiger partial charge is 0.0107 e. The van der Waals surface area contributed by atoms with Crippen LogP contribution in [0, 0.1) is 0 Å². The van der Waals surface area contributed by atoms with Crippen molar-refractivity contribution < 1.29 is 0 Å². The second kappa shape index (κ2) is 7.85. The van der Waals surface area contributed by atoms with E-state index in [-0.39, 0.29) is 0 Å². The van der Waals surface area contributed by atoms with Gasteiger partial charge in [-0.05, 0) is 41.9 Å². The molecule has 0 spiro atoms. The molecule has 0 amide bonds. The summed E-state index contributed by atoms with van der Waals surface area (Å²) in [5.41, 5.74) is 1.47. The number of thiophene rings is 1. The molecule has 0 saturated carbocycles. The molecule has 0 atom stereocenters. The fourth-order valence-corrected chi connectivity index (χ4v) is 2.27. The minimum atomic E-state index is 1.07. The number of hydrogen-bond acceptors (Lipinski definition) is 3. The SMILES string of the molecule is CCNCCN(CC)CCc1ccsc1. The van der Waals surface area contributed by atoms with Crippen molar-refractivity contribution in [2.45, 2.75) is 20.3 Å². The third kappa shape index (κ3) is 5.30. The average Bonchev–Trinajstić information content (AvgIpc) is 2.76. The molecule has 0 radical (unpaired) electrons. The quantitative estimate of drug-likeness (QED) is 0.684. The van der Waals surface area contributed by atoms with Crippen molar-refractivity contribution in [1.82, 2.24) is 10.2 Å². The van der Waals surface area contributed by atoms with Crippen LogP contribution in [0.15, 0.2) is 16.8 Å².